The SMILES string of the molecule is C=C(C)CN1N=C(CC)Sc2ccccc21. The Labute approximate surface area is 101 Å². The number of thioether (sulfide) groups is 1. The van der Waals surface area contributed by atoms with Gasteiger partial charge in [-0.3, -0.25) is 5.01 Å². The molecule has 0 radical (unpaired) electrons. The van der Waals surface area contributed by atoms with Gasteiger partial charge in [-0.15, -0.1) is 0 Å². The second-order valence-electron chi connectivity index (χ2n) is 3.93. The molecule has 0 amide bonds. The lowest BCUT2D eigenvalue weighted by molar-refractivity contribution is 0.889. The third-order valence-corrected chi connectivity index (χ3v) is 3.50. The number of fused-ring (bicyclic) bond motifs is 1. The normalized spacial score (nSPS) is 14.4. The van der Waals surface area contributed by atoms with Crippen molar-refractivity contribution in [2.24, 2.45) is 5.10 Å². The topological polar surface area (TPSA) is 15.6 Å². The zero-order valence-corrected chi connectivity index (χ0v) is 10.5. The van der Waals surface area contributed by atoms with Crippen molar-refractivity contribution in [3.63, 3.8) is 0 Å². The summed E-state index contributed by atoms with van der Waals surface area (Å²) in [5.41, 5.74) is 2.31. The minimum absolute atomic E-state index is 0.793. The van der Waals surface area contributed by atoms with Gasteiger partial charge >= 0.3 is 0 Å². The summed E-state index contributed by atoms with van der Waals surface area (Å²) in [7, 11) is 0. The molecule has 0 aliphatic carbocycles. The molecule has 0 aromatic heterocycles. The molecule has 2 rings (SSSR count). The predicted molar refractivity (Wildman–Crippen MR) is 72.2 cm³/mol. The summed E-state index contributed by atoms with van der Waals surface area (Å²) in [5.74, 6) is 0. The van der Waals surface area contributed by atoms with Gasteiger partial charge in [0, 0.05) is 4.90 Å². The molecule has 0 saturated carbocycles. The first-order chi connectivity index (χ1) is 7.70. The Hall–Kier alpha value is -1.22. The summed E-state index contributed by atoms with van der Waals surface area (Å²) < 4.78 is 0. The summed E-state index contributed by atoms with van der Waals surface area (Å²) >= 11 is 1.77. The Morgan fingerprint density at radius 3 is 2.88 bits per heavy atom. The van der Waals surface area contributed by atoms with Gasteiger partial charge < -0.3 is 0 Å². The number of hydrogen-bond acceptors (Lipinski definition) is 3. The average Bonchev–Trinajstić information content (AvgIpc) is 2.28. The largest absolute Gasteiger partial charge is 0.260 e. The third-order valence-electron chi connectivity index (χ3n) is 2.33. The highest BCUT2D eigenvalue weighted by Gasteiger charge is 2.18. The average molecular weight is 232 g/mol. The van der Waals surface area contributed by atoms with Gasteiger partial charge in [0.05, 0.1) is 17.3 Å². The van der Waals surface area contributed by atoms with Crippen molar-refractivity contribution in [2.45, 2.75) is 25.2 Å². The van der Waals surface area contributed by atoms with E-state index in [1.54, 1.807) is 11.8 Å². The molecule has 3 heteroatoms. The Morgan fingerprint density at radius 1 is 1.44 bits per heavy atom. The maximum Gasteiger partial charge on any atom is 0.0983 e. The number of anilines is 1. The predicted octanol–water partition coefficient (Wildman–Crippen LogP) is 3.90. The smallest absolute Gasteiger partial charge is 0.0983 e. The summed E-state index contributed by atoms with van der Waals surface area (Å²) in [4.78, 5) is 1.29. The van der Waals surface area contributed by atoms with Gasteiger partial charge in [0.25, 0.3) is 0 Å². The Kier molecular flexibility index (Phi) is 3.34. The standard InChI is InChI=1S/C13H16N2S/c1-4-13-14-15(9-10(2)3)11-7-5-6-8-12(11)16-13/h5-8H,2,4,9H2,1,3H3. The molecule has 0 N–H and O–H groups in total. The monoisotopic (exact) mass is 232 g/mol. The van der Waals surface area contributed by atoms with E-state index >= 15 is 0 Å². The van der Waals surface area contributed by atoms with Crippen LogP contribution in [0.5, 0.6) is 0 Å². The van der Waals surface area contributed by atoms with Crippen molar-refractivity contribution in [2.75, 3.05) is 11.6 Å². The van der Waals surface area contributed by atoms with Crippen LogP contribution in [0.15, 0.2) is 46.4 Å². The Morgan fingerprint density at radius 2 is 2.19 bits per heavy atom. The maximum atomic E-state index is 4.63. The van der Waals surface area contributed by atoms with Gasteiger partial charge in [-0.05, 0) is 25.5 Å². The molecule has 1 heterocycles. The van der Waals surface area contributed by atoms with Crippen LogP contribution in [0.4, 0.5) is 5.69 Å². The van der Waals surface area contributed by atoms with E-state index in [0.29, 0.717) is 0 Å². The van der Waals surface area contributed by atoms with E-state index in [9.17, 15) is 0 Å². The van der Waals surface area contributed by atoms with Crippen LogP contribution in [0.3, 0.4) is 0 Å². The van der Waals surface area contributed by atoms with Crippen LogP contribution in [0, 0.1) is 0 Å². The maximum absolute atomic E-state index is 4.63. The van der Waals surface area contributed by atoms with E-state index in [2.05, 4.69) is 42.9 Å². The van der Waals surface area contributed by atoms with E-state index in [1.165, 1.54) is 15.6 Å². The molecule has 2 nitrogen and oxygen atoms in total. The zero-order chi connectivity index (χ0) is 11.5. The summed E-state index contributed by atoms with van der Waals surface area (Å²) in [6.07, 6.45) is 0.978. The van der Waals surface area contributed by atoms with Crippen LogP contribution < -0.4 is 5.01 Å². The first-order valence-electron chi connectivity index (χ1n) is 5.47. The van der Waals surface area contributed by atoms with Crippen LogP contribution in [0.2, 0.25) is 0 Å². The third kappa shape index (κ3) is 2.30. The Balaban J connectivity index is 2.35. The summed E-state index contributed by atoms with van der Waals surface area (Å²) in [6.45, 7) is 8.92. The number of benzene rings is 1. The quantitative estimate of drug-likeness (QED) is 0.734. The number of hydrogen-bond donors (Lipinski definition) is 0. The van der Waals surface area contributed by atoms with Crippen molar-refractivity contribution >= 4 is 22.5 Å². The van der Waals surface area contributed by atoms with Crippen LogP contribution in [-0.4, -0.2) is 11.6 Å². The van der Waals surface area contributed by atoms with E-state index in [-0.39, 0.29) is 0 Å². The highest BCUT2D eigenvalue weighted by molar-refractivity contribution is 8.14. The molecule has 0 atom stereocenters. The van der Waals surface area contributed by atoms with Gasteiger partial charge in [-0.2, -0.15) is 5.10 Å². The zero-order valence-electron chi connectivity index (χ0n) is 9.73. The fourth-order valence-corrected chi connectivity index (χ4v) is 2.57. The number of hydrazone groups is 1. The number of para-hydroxylation sites is 1. The van der Waals surface area contributed by atoms with Crippen LogP contribution in [-0.2, 0) is 0 Å². The number of rotatable bonds is 3. The minimum atomic E-state index is 0.793. The lowest BCUT2D eigenvalue weighted by Crippen LogP contribution is -2.23. The van der Waals surface area contributed by atoms with E-state index < -0.39 is 0 Å². The second-order valence-corrected chi connectivity index (χ2v) is 5.05. The molecule has 0 fully saturated rings. The van der Waals surface area contributed by atoms with Crippen molar-refractivity contribution in [1.29, 1.82) is 0 Å². The molecule has 0 unspecified atom stereocenters. The molecule has 84 valence electrons. The molecule has 0 spiro atoms. The van der Waals surface area contributed by atoms with Gasteiger partial charge in [0.15, 0.2) is 0 Å². The molecule has 0 bridgehead atoms. The van der Waals surface area contributed by atoms with Crippen LogP contribution in [0.25, 0.3) is 0 Å². The summed E-state index contributed by atoms with van der Waals surface area (Å²) in [6, 6.07) is 8.39. The highest BCUT2D eigenvalue weighted by Crippen LogP contribution is 2.36. The second kappa shape index (κ2) is 4.74. The van der Waals surface area contributed by atoms with E-state index in [1.807, 2.05) is 11.9 Å². The van der Waals surface area contributed by atoms with Gasteiger partial charge in [0.2, 0.25) is 0 Å². The van der Waals surface area contributed by atoms with Gasteiger partial charge in [-0.25, -0.2) is 0 Å². The molecule has 0 saturated heterocycles. The fraction of sp³-hybridized carbons (Fsp3) is 0.308. The van der Waals surface area contributed by atoms with Gasteiger partial charge in [-0.1, -0.05) is 43.0 Å². The minimum Gasteiger partial charge on any atom is -0.260 e. The van der Waals surface area contributed by atoms with Crippen molar-refractivity contribution in [1.82, 2.24) is 0 Å². The lowest BCUT2D eigenvalue weighted by atomic mass is 10.2. The van der Waals surface area contributed by atoms with Crippen LogP contribution in [0.1, 0.15) is 20.3 Å². The lowest BCUT2D eigenvalue weighted by Gasteiger charge is -2.27. The van der Waals surface area contributed by atoms with Crippen molar-refractivity contribution in [3.05, 3.63) is 36.4 Å². The molecule has 1 aromatic rings. The first kappa shape index (κ1) is 11.3. The molecular formula is C13H16N2S. The summed E-state index contributed by atoms with van der Waals surface area (Å²) in [5, 5.41) is 7.85. The van der Waals surface area contributed by atoms with E-state index in [0.717, 1.165) is 18.5 Å². The fourth-order valence-electron chi connectivity index (χ4n) is 1.61. The number of nitrogens with zero attached hydrogens (tertiary/aromatic N) is 2. The Bertz CT molecular complexity index is 437. The molecule has 1 aromatic carbocycles. The van der Waals surface area contributed by atoms with E-state index in [4.69, 9.17) is 0 Å². The molecule has 1 aliphatic heterocycles. The van der Waals surface area contributed by atoms with Gasteiger partial charge in [0.1, 0.15) is 0 Å². The highest BCUT2D eigenvalue weighted by atomic mass is 32.2. The van der Waals surface area contributed by atoms with Crippen molar-refractivity contribution in [3.8, 4) is 0 Å². The first-order valence-corrected chi connectivity index (χ1v) is 6.28. The van der Waals surface area contributed by atoms with Crippen molar-refractivity contribution < 1.29 is 0 Å². The molecule has 1 aliphatic rings. The molecule has 16 heavy (non-hydrogen) atoms. The molecular weight excluding hydrogens is 216 g/mol. The van der Waals surface area contributed by atoms with Crippen LogP contribution >= 0.6 is 11.8 Å².